The van der Waals surface area contributed by atoms with E-state index in [1.807, 2.05) is 6.07 Å². The summed E-state index contributed by atoms with van der Waals surface area (Å²) < 4.78 is 5.02. The van der Waals surface area contributed by atoms with Gasteiger partial charge in [-0.2, -0.15) is 0 Å². The fourth-order valence-corrected chi connectivity index (χ4v) is 1.82. The number of likely N-dealkylation sites (N-methyl/N-ethyl adjacent to an activating group) is 1. The van der Waals surface area contributed by atoms with E-state index in [4.69, 9.17) is 10.5 Å². The predicted octanol–water partition coefficient (Wildman–Crippen LogP) is 1.52. The van der Waals surface area contributed by atoms with Crippen LogP contribution in [0.3, 0.4) is 0 Å². The number of methoxy groups -OCH3 is 1. The summed E-state index contributed by atoms with van der Waals surface area (Å²) in [4.78, 5) is 2.29. The van der Waals surface area contributed by atoms with Crippen molar-refractivity contribution < 1.29 is 4.74 Å². The Kier molecular flexibility index (Phi) is 6.86. The molecule has 96 valence electrons. The third kappa shape index (κ3) is 6.41. The number of ether oxygens (including phenoxy) is 1. The van der Waals surface area contributed by atoms with Crippen LogP contribution < -0.4 is 5.73 Å². The summed E-state index contributed by atoms with van der Waals surface area (Å²) in [5.74, 6) is 0. The molecular formula is C14H24N2O. The number of nitrogens with two attached hydrogens (primary N) is 1. The molecule has 0 fully saturated rings. The molecule has 0 aromatic heterocycles. The van der Waals surface area contributed by atoms with Crippen LogP contribution in [0.25, 0.3) is 0 Å². The minimum Gasteiger partial charge on any atom is -0.385 e. The van der Waals surface area contributed by atoms with E-state index >= 15 is 0 Å². The number of hydrogen-bond donors (Lipinski definition) is 1. The van der Waals surface area contributed by atoms with Crippen molar-refractivity contribution in [2.24, 2.45) is 5.73 Å². The Balaban J connectivity index is 2.19. The lowest BCUT2D eigenvalue weighted by Gasteiger charge is -2.21. The minimum absolute atomic E-state index is 0.204. The lowest BCUT2D eigenvalue weighted by molar-refractivity contribution is 0.180. The predicted molar refractivity (Wildman–Crippen MR) is 72.1 cm³/mol. The first-order chi connectivity index (χ1) is 8.22. The second-order valence-electron chi connectivity index (χ2n) is 4.54. The van der Waals surface area contributed by atoms with Crippen molar-refractivity contribution in [3.8, 4) is 0 Å². The molecule has 0 radical (unpaired) electrons. The van der Waals surface area contributed by atoms with Gasteiger partial charge in [0.2, 0.25) is 0 Å². The van der Waals surface area contributed by atoms with E-state index in [9.17, 15) is 0 Å². The minimum atomic E-state index is 0.204. The van der Waals surface area contributed by atoms with Gasteiger partial charge in [-0.3, -0.25) is 0 Å². The Hall–Kier alpha value is -0.900. The Morgan fingerprint density at radius 1 is 1.29 bits per heavy atom. The van der Waals surface area contributed by atoms with Crippen LogP contribution in [0.1, 0.15) is 12.0 Å². The standard InChI is InChI=1S/C14H24N2O/c1-16(12-14(15)9-11-17-2)10-8-13-6-4-3-5-7-13/h3-7,14H,8-12,15H2,1-2H3. The SMILES string of the molecule is COCCC(N)CN(C)CCc1ccccc1. The first-order valence-electron chi connectivity index (χ1n) is 6.19. The smallest absolute Gasteiger partial charge is 0.0477 e. The highest BCUT2D eigenvalue weighted by atomic mass is 16.5. The van der Waals surface area contributed by atoms with Gasteiger partial charge in [-0.15, -0.1) is 0 Å². The highest BCUT2D eigenvalue weighted by Crippen LogP contribution is 2.01. The molecule has 2 N–H and O–H groups in total. The monoisotopic (exact) mass is 236 g/mol. The molecule has 0 aliphatic heterocycles. The second kappa shape index (κ2) is 8.23. The Labute approximate surface area is 105 Å². The van der Waals surface area contributed by atoms with E-state index < -0.39 is 0 Å². The third-order valence-corrected chi connectivity index (χ3v) is 2.86. The number of hydrogen-bond acceptors (Lipinski definition) is 3. The maximum absolute atomic E-state index is 6.01. The van der Waals surface area contributed by atoms with Crippen LogP contribution in [0.5, 0.6) is 0 Å². The van der Waals surface area contributed by atoms with Gasteiger partial charge < -0.3 is 15.4 Å². The van der Waals surface area contributed by atoms with Crippen LogP contribution in [-0.4, -0.2) is 44.8 Å². The molecule has 1 aromatic carbocycles. The maximum atomic E-state index is 6.01. The molecule has 0 heterocycles. The van der Waals surface area contributed by atoms with Gasteiger partial charge in [0.25, 0.3) is 0 Å². The van der Waals surface area contributed by atoms with Crippen LogP contribution >= 0.6 is 0 Å². The molecule has 1 unspecified atom stereocenters. The van der Waals surface area contributed by atoms with E-state index in [0.717, 1.165) is 32.5 Å². The Bertz CT molecular complexity index is 290. The van der Waals surface area contributed by atoms with Crippen molar-refractivity contribution in [1.82, 2.24) is 4.90 Å². The van der Waals surface area contributed by atoms with Crippen molar-refractivity contribution in [2.75, 3.05) is 33.9 Å². The molecular weight excluding hydrogens is 212 g/mol. The highest BCUT2D eigenvalue weighted by molar-refractivity contribution is 5.14. The third-order valence-electron chi connectivity index (χ3n) is 2.86. The zero-order valence-electron chi connectivity index (χ0n) is 10.9. The number of benzene rings is 1. The lowest BCUT2D eigenvalue weighted by Crippen LogP contribution is -2.37. The number of rotatable bonds is 8. The van der Waals surface area contributed by atoms with E-state index in [1.165, 1.54) is 5.56 Å². The van der Waals surface area contributed by atoms with Gasteiger partial charge >= 0.3 is 0 Å². The van der Waals surface area contributed by atoms with Crippen LogP contribution in [0, 0.1) is 0 Å². The summed E-state index contributed by atoms with van der Waals surface area (Å²) in [6.45, 7) is 2.72. The van der Waals surface area contributed by atoms with Gasteiger partial charge in [0.05, 0.1) is 0 Å². The molecule has 1 atom stereocenters. The van der Waals surface area contributed by atoms with Gasteiger partial charge in [0.15, 0.2) is 0 Å². The molecule has 3 nitrogen and oxygen atoms in total. The fourth-order valence-electron chi connectivity index (χ4n) is 1.82. The quantitative estimate of drug-likeness (QED) is 0.744. The summed E-state index contributed by atoms with van der Waals surface area (Å²) in [6.07, 6.45) is 2.00. The molecule has 0 amide bonds. The Morgan fingerprint density at radius 3 is 2.65 bits per heavy atom. The number of nitrogens with zero attached hydrogens (tertiary/aromatic N) is 1. The van der Waals surface area contributed by atoms with Crippen LogP contribution in [0.4, 0.5) is 0 Å². The van der Waals surface area contributed by atoms with Gasteiger partial charge in [-0.25, -0.2) is 0 Å². The maximum Gasteiger partial charge on any atom is 0.0477 e. The zero-order valence-corrected chi connectivity index (χ0v) is 10.9. The van der Waals surface area contributed by atoms with Crippen molar-refractivity contribution in [2.45, 2.75) is 18.9 Å². The molecule has 0 aliphatic rings. The van der Waals surface area contributed by atoms with E-state index in [-0.39, 0.29) is 6.04 Å². The molecule has 0 bridgehead atoms. The van der Waals surface area contributed by atoms with Gasteiger partial charge in [0.1, 0.15) is 0 Å². The molecule has 1 aromatic rings. The summed E-state index contributed by atoms with van der Waals surface area (Å²) in [7, 11) is 3.83. The first-order valence-corrected chi connectivity index (χ1v) is 6.19. The van der Waals surface area contributed by atoms with Crippen molar-refractivity contribution >= 4 is 0 Å². The molecule has 0 saturated heterocycles. The van der Waals surface area contributed by atoms with Crippen molar-refractivity contribution in [3.05, 3.63) is 35.9 Å². The van der Waals surface area contributed by atoms with Crippen LogP contribution in [0.2, 0.25) is 0 Å². The molecule has 0 saturated carbocycles. The van der Waals surface area contributed by atoms with Gasteiger partial charge in [-0.1, -0.05) is 30.3 Å². The summed E-state index contributed by atoms with van der Waals surface area (Å²) in [6, 6.07) is 10.8. The lowest BCUT2D eigenvalue weighted by atomic mass is 10.1. The van der Waals surface area contributed by atoms with Crippen LogP contribution in [-0.2, 0) is 11.2 Å². The molecule has 0 spiro atoms. The largest absolute Gasteiger partial charge is 0.385 e. The summed E-state index contributed by atoms with van der Waals surface area (Å²) in [5, 5.41) is 0. The van der Waals surface area contributed by atoms with Crippen LogP contribution in [0.15, 0.2) is 30.3 Å². The molecule has 17 heavy (non-hydrogen) atoms. The van der Waals surface area contributed by atoms with E-state index in [2.05, 4.69) is 36.2 Å². The second-order valence-corrected chi connectivity index (χ2v) is 4.54. The molecule has 3 heteroatoms. The summed E-state index contributed by atoms with van der Waals surface area (Å²) in [5.41, 5.74) is 7.39. The van der Waals surface area contributed by atoms with Gasteiger partial charge in [-0.05, 0) is 25.5 Å². The first kappa shape index (κ1) is 14.2. The highest BCUT2D eigenvalue weighted by Gasteiger charge is 2.06. The average molecular weight is 236 g/mol. The average Bonchev–Trinajstić information content (AvgIpc) is 2.35. The molecule has 1 rings (SSSR count). The Morgan fingerprint density at radius 2 is 2.00 bits per heavy atom. The topological polar surface area (TPSA) is 38.5 Å². The van der Waals surface area contributed by atoms with E-state index in [0.29, 0.717) is 0 Å². The van der Waals surface area contributed by atoms with Gasteiger partial charge in [0, 0.05) is 32.8 Å². The van der Waals surface area contributed by atoms with Crippen molar-refractivity contribution in [3.63, 3.8) is 0 Å². The zero-order chi connectivity index (χ0) is 12.5. The summed E-state index contributed by atoms with van der Waals surface area (Å²) >= 11 is 0. The molecule has 0 aliphatic carbocycles. The van der Waals surface area contributed by atoms with E-state index in [1.54, 1.807) is 7.11 Å². The normalized spacial score (nSPS) is 12.9. The fraction of sp³-hybridized carbons (Fsp3) is 0.571. The van der Waals surface area contributed by atoms with Crippen molar-refractivity contribution in [1.29, 1.82) is 0 Å².